The van der Waals surface area contributed by atoms with E-state index in [4.69, 9.17) is 0 Å². The minimum absolute atomic E-state index is 0.0288. The van der Waals surface area contributed by atoms with Crippen molar-refractivity contribution in [2.75, 3.05) is 24.6 Å². The summed E-state index contributed by atoms with van der Waals surface area (Å²) in [5, 5.41) is 9.59. The first-order valence-corrected chi connectivity index (χ1v) is 6.67. The van der Waals surface area contributed by atoms with Gasteiger partial charge in [-0.3, -0.25) is 0 Å². The van der Waals surface area contributed by atoms with E-state index >= 15 is 0 Å². The van der Waals surface area contributed by atoms with E-state index in [0.717, 1.165) is 31.7 Å². The molecule has 1 N–H and O–H groups in total. The highest BCUT2D eigenvalue weighted by Crippen LogP contribution is 2.50. The van der Waals surface area contributed by atoms with E-state index in [1.807, 2.05) is 12.3 Å². The van der Waals surface area contributed by atoms with Crippen molar-refractivity contribution in [1.29, 1.82) is 0 Å². The molecule has 1 aromatic heterocycles. The molecule has 17 heavy (non-hydrogen) atoms. The SMILES string of the molecule is OCC1(c2cccnc2N2CCCCC2)CC1. The molecule has 92 valence electrons. The number of piperidine rings is 1. The Labute approximate surface area is 102 Å². The monoisotopic (exact) mass is 232 g/mol. The molecule has 2 fully saturated rings. The lowest BCUT2D eigenvalue weighted by molar-refractivity contribution is 0.255. The van der Waals surface area contributed by atoms with E-state index in [9.17, 15) is 5.11 Å². The largest absolute Gasteiger partial charge is 0.395 e. The van der Waals surface area contributed by atoms with Crippen molar-refractivity contribution in [2.24, 2.45) is 0 Å². The molecule has 0 atom stereocenters. The fourth-order valence-electron chi connectivity index (χ4n) is 2.83. The molecule has 2 aliphatic rings. The molecular formula is C14H20N2O. The fourth-order valence-corrected chi connectivity index (χ4v) is 2.83. The topological polar surface area (TPSA) is 36.4 Å². The molecule has 0 aromatic carbocycles. The lowest BCUT2D eigenvalue weighted by Crippen LogP contribution is -2.32. The third kappa shape index (κ3) is 1.93. The number of aromatic nitrogens is 1. The van der Waals surface area contributed by atoms with Gasteiger partial charge in [0.05, 0.1) is 6.61 Å². The van der Waals surface area contributed by atoms with E-state index in [1.165, 1.54) is 24.8 Å². The van der Waals surface area contributed by atoms with Crippen LogP contribution in [0, 0.1) is 0 Å². The molecule has 2 heterocycles. The van der Waals surface area contributed by atoms with Crippen LogP contribution in [0.2, 0.25) is 0 Å². The second-order valence-corrected chi connectivity index (χ2v) is 5.36. The van der Waals surface area contributed by atoms with Crippen LogP contribution >= 0.6 is 0 Å². The number of pyridine rings is 1. The summed E-state index contributed by atoms with van der Waals surface area (Å²) in [6, 6.07) is 4.15. The predicted octanol–water partition coefficient (Wildman–Crippen LogP) is 2.10. The number of hydrogen-bond acceptors (Lipinski definition) is 3. The third-order valence-corrected chi connectivity index (χ3v) is 4.17. The minimum Gasteiger partial charge on any atom is -0.395 e. The van der Waals surface area contributed by atoms with Gasteiger partial charge in [-0.2, -0.15) is 0 Å². The summed E-state index contributed by atoms with van der Waals surface area (Å²) in [6.45, 7) is 2.50. The van der Waals surface area contributed by atoms with Crippen LogP contribution in [0.15, 0.2) is 18.3 Å². The van der Waals surface area contributed by atoms with E-state index in [-0.39, 0.29) is 12.0 Å². The zero-order chi connectivity index (χ0) is 11.7. The highest BCUT2D eigenvalue weighted by Gasteiger charge is 2.46. The number of nitrogens with zero attached hydrogens (tertiary/aromatic N) is 2. The second kappa shape index (κ2) is 4.30. The summed E-state index contributed by atoms with van der Waals surface area (Å²) in [6.07, 6.45) is 7.96. The summed E-state index contributed by atoms with van der Waals surface area (Å²) in [5.41, 5.74) is 1.30. The Kier molecular flexibility index (Phi) is 2.79. The van der Waals surface area contributed by atoms with Crippen LogP contribution < -0.4 is 4.90 Å². The molecule has 1 aliphatic heterocycles. The normalized spacial score (nSPS) is 22.5. The van der Waals surface area contributed by atoms with E-state index in [0.29, 0.717) is 0 Å². The lowest BCUT2D eigenvalue weighted by atomic mass is 9.96. The molecule has 1 saturated carbocycles. The van der Waals surface area contributed by atoms with Crippen molar-refractivity contribution in [3.8, 4) is 0 Å². The van der Waals surface area contributed by atoms with E-state index in [1.54, 1.807) is 0 Å². The molecule has 1 aromatic rings. The van der Waals surface area contributed by atoms with Gasteiger partial charge in [0.25, 0.3) is 0 Å². The van der Waals surface area contributed by atoms with Gasteiger partial charge in [0.2, 0.25) is 0 Å². The number of rotatable bonds is 3. The van der Waals surface area contributed by atoms with Crippen molar-refractivity contribution in [2.45, 2.75) is 37.5 Å². The first kappa shape index (κ1) is 11.0. The maximum absolute atomic E-state index is 9.59. The number of aliphatic hydroxyl groups is 1. The molecule has 0 spiro atoms. The highest BCUT2D eigenvalue weighted by atomic mass is 16.3. The second-order valence-electron chi connectivity index (χ2n) is 5.36. The van der Waals surface area contributed by atoms with Gasteiger partial charge in [0.1, 0.15) is 5.82 Å². The van der Waals surface area contributed by atoms with Crippen molar-refractivity contribution in [1.82, 2.24) is 4.98 Å². The predicted molar refractivity (Wildman–Crippen MR) is 68.3 cm³/mol. The van der Waals surface area contributed by atoms with Gasteiger partial charge >= 0.3 is 0 Å². The van der Waals surface area contributed by atoms with Crippen molar-refractivity contribution < 1.29 is 5.11 Å². The smallest absolute Gasteiger partial charge is 0.132 e. The van der Waals surface area contributed by atoms with Crippen LogP contribution in [0.4, 0.5) is 5.82 Å². The summed E-state index contributed by atoms with van der Waals surface area (Å²) < 4.78 is 0. The average molecular weight is 232 g/mol. The van der Waals surface area contributed by atoms with Crippen LogP contribution in [-0.4, -0.2) is 29.8 Å². The quantitative estimate of drug-likeness (QED) is 0.867. The number of anilines is 1. The Morgan fingerprint density at radius 1 is 1.24 bits per heavy atom. The van der Waals surface area contributed by atoms with Gasteiger partial charge < -0.3 is 10.0 Å². The van der Waals surface area contributed by atoms with Gasteiger partial charge in [0.15, 0.2) is 0 Å². The van der Waals surface area contributed by atoms with Gasteiger partial charge in [-0.15, -0.1) is 0 Å². The van der Waals surface area contributed by atoms with Crippen LogP contribution in [0.25, 0.3) is 0 Å². The van der Waals surface area contributed by atoms with Crippen molar-refractivity contribution in [3.05, 3.63) is 23.9 Å². The first-order valence-electron chi connectivity index (χ1n) is 6.67. The Bertz CT molecular complexity index is 395. The summed E-state index contributed by atoms with van der Waals surface area (Å²) in [5.74, 6) is 1.12. The molecule has 1 saturated heterocycles. The number of aliphatic hydroxyl groups excluding tert-OH is 1. The molecule has 0 radical (unpaired) electrons. The highest BCUT2D eigenvalue weighted by molar-refractivity contribution is 5.53. The molecule has 3 rings (SSSR count). The Hall–Kier alpha value is -1.09. The first-order chi connectivity index (χ1) is 8.36. The maximum Gasteiger partial charge on any atom is 0.132 e. The summed E-state index contributed by atoms with van der Waals surface area (Å²) in [4.78, 5) is 6.97. The summed E-state index contributed by atoms with van der Waals surface area (Å²) in [7, 11) is 0. The van der Waals surface area contributed by atoms with Gasteiger partial charge in [0, 0.05) is 30.3 Å². The Morgan fingerprint density at radius 3 is 2.65 bits per heavy atom. The molecule has 3 heteroatoms. The summed E-state index contributed by atoms with van der Waals surface area (Å²) >= 11 is 0. The molecule has 3 nitrogen and oxygen atoms in total. The molecule has 1 aliphatic carbocycles. The lowest BCUT2D eigenvalue weighted by Gasteiger charge is -2.31. The third-order valence-electron chi connectivity index (χ3n) is 4.17. The van der Waals surface area contributed by atoms with Crippen LogP contribution in [0.5, 0.6) is 0 Å². The molecular weight excluding hydrogens is 212 g/mol. The van der Waals surface area contributed by atoms with Gasteiger partial charge in [-0.1, -0.05) is 6.07 Å². The molecule has 0 amide bonds. The fraction of sp³-hybridized carbons (Fsp3) is 0.643. The minimum atomic E-state index is 0.0288. The van der Waals surface area contributed by atoms with Crippen molar-refractivity contribution in [3.63, 3.8) is 0 Å². The van der Waals surface area contributed by atoms with Crippen molar-refractivity contribution >= 4 is 5.82 Å². The zero-order valence-electron chi connectivity index (χ0n) is 10.2. The van der Waals surface area contributed by atoms with Crippen LogP contribution in [-0.2, 0) is 5.41 Å². The number of hydrogen-bond donors (Lipinski definition) is 1. The molecule has 0 bridgehead atoms. The standard InChI is InChI=1S/C14H20N2O/c17-11-14(6-7-14)12-5-4-8-15-13(12)16-9-2-1-3-10-16/h4-5,8,17H,1-3,6-7,9-11H2. The average Bonchev–Trinajstić information content (AvgIpc) is 3.21. The Balaban J connectivity index is 1.93. The molecule has 0 unspecified atom stereocenters. The van der Waals surface area contributed by atoms with Gasteiger partial charge in [-0.25, -0.2) is 4.98 Å². The van der Waals surface area contributed by atoms with E-state index < -0.39 is 0 Å². The maximum atomic E-state index is 9.59. The zero-order valence-corrected chi connectivity index (χ0v) is 10.2. The van der Waals surface area contributed by atoms with Crippen LogP contribution in [0.3, 0.4) is 0 Å². The van der Waals surface area contributed by atoms with Gasteiger partial charge in [-0.05, 0) is 38.2 Å². The van der Waals surface area contributed by atoms with Crippen LogP contribution in [0.1, 0.15) is 37.7 Å². The Morgan fingerprint density at radius 2 is 2.00 bits per heavy atom. The van der Waals surface area contributed by atoms with E-state index in [2.05, 4.69) is 16.0 Å².